The van der Waals surface area contributed by atoms with Crippen LogP contribution in [0.3, 0.4) is 0 Å². The predicted molar refractivity (Wildman–Crippen MR) is 60.5 cm³/mol. The monoisotopic (exact) mass is 205 g/mol. The topological polar surface area (TPSA) is 33.1 Å². The fraction of sp³-hybridized carbons (Fsp3) is 0.615. The number of pyridine rings is 1. The maximum absolute atomic E-state index is 10.6. The molecule has 0 amide bonds. The summed E-state index contributed by atoms with van der Waals surface area (Å²) in [6.45, 7) is 2.17. The third-order valence-corrected chi connectivity index (χ3v) is 3.67. The minimum atomic E-state index is -0.487. The highest BCUT2D eigenvalue weighted by Crippen LogP contribution is 2.35. The molecule has 0 saturated heterocycles. The molecular weight excluding hydrogens is 186 g/mol. The molecule has 2 heteroatoms. The van der Waals surface area contributed by atoms with E-state index in [9.17, 15) is 5.11 Å². The van der Waals surface area contributed by atoms with Crippen LogP contribution in [0.2, 0.25) is 0 Å². The van der Waals surface area contributed by atoms with E-state index in [1.165, 1.54) is 12.0 Å². The third-order valence-electron chi connectivity index (χ3n) is 3.67. The summed E-state index contributed by atoms with van der Waals surface area (Å²) in [6, 6.07) is 4.00. The Kier molecular flexibility index (Phi) is 3.06. The van der Waals surface area contributed by atoms with Crippen LogP contribution in [-0.4, -0.2) is 15.7 Å². The van der Waals surface area contributed by atoms with Crippen LogP contribution in [-0.2, 0) is 6.42 Å². The van der Waals surface area contributed by atoms with Crippen molar-refractivity contribution in [2.24, 2.45) is 5.92 Å². The van der Waals surface area contributed by atoms with Gasteiger partial charge in [-0.1, -0.05) is 19.8 Å². The molecule has 1 aliphatic carbocycles. The molecule has 1 fully saturated rings. The lowest BCUT2D eigenvalue weighted by molar-refractivity contribution is -0.0405. The lowest BCUT2D eigenvalue weighted by atomic mass is 9.73. The Balaban J connectivity index is 2.09. The Morgan fingerprint density at radius 3 is 2.80 bits per heavy atom. The van der Waals surface area contributed by atoms with E-state index in [0.29, 0.717) is 5.92 Å². The fourth-order valence-electron chi connectivity index (χ4n) is 2.51. The van der Waals surface area contributed by atoms with Crippen molar-refractivity contribution in [1.29, 1.82) is 0 Å². The number of aliphatic hydroxyl groups is 1. The lowest BCUT2D eigenvalue weighted by Crippen LogP contribution is -2.41. The summed E-state index contributed by atoms with van der Waals surface area (Å²) in [5.74, 6) is 0.416. The van der Waals surface area contributed by atoms with Crippen molar-refractivity contribution in [3.8, 4) is 0 Å². The molecule has 1 saturated carbocycles. The second kappa shape index (κ2) is 4.31. The van der Waals surface area contributed by atoms with Crippen molar-refractivity contribution in [2.75, 3.05) is 0 Å². The SMILES string of the molecule is CC1CCCCC1(O)Cc1ccncc1. The fourth-order valence-corrected chi connectivity index (χ4v) is 2.51. The molecule has 0 radical (unpaired) electrons. The van der Waals surface area contributed by atoms with Crippen LogP contribution < -0.4 is 0 Å². The second-order valence-electron chi connectivity index (χ2n) is 4.78. The van der Waals surface area contributed by atoms with Crippen molar-refractivity contribution in [2.45, 2.75) is 44.6 Å². The maximum atomic E-state index is 10.6. The first-order valence-corrected chi connectivity index (χ1v) is 5.82. The predicted octanol–water partition coefficient (Wildman–Crippen LogP) is 2.57. The van der Waals surface area contributed by atoms with E-state index in [2.05, 4.69) is 11.9 Å². The first-order chi connectivity index (χ1) is 7.21. The minimum Gasteiger partial charge on any atom is -0.389 e. The van der Waals surface area contributed by atoms with Gasteiger partial charge in [0, 0.05) is 18.8 Å². The van der Waals surface area contributed by atoms with Gasteiger partial charge in [0.25, 0.3) is 0 Å². The quantitative estimate of drug-likeness (QED) is 0.805. The van der Waals surface area contributed by atoms with E-state index >= 15 is 0 Å². The number of rotatable bonds is 2. The number of aromatic nitrogens is 1. The van der Waals surface area contributed by atoms with E-state index in [1.807, 2.05) is 12.1 Å². The molecule has 0 spiro atoms. The molecule has 1 aromatic rings. The third kappa shape index (κ3) is 2.37. The Bertz CT molecular complexity index is 312. The van der Waals surface area contributed by atoms with Crippen molar-refractivity contribution < 1.29 is 5.11 Å². The van der Waals surface area contributed by atoms with Gasteiger partial charge in [-0.15, -0.1) is 0 Å². The molecule has 2 nitrogen and oxygen atoms in total. The highest BCUT2D eigenvalue weighted by Gasteiger charge is 2.35. The summed E-state index contributed by atoms with van der Waals surface area (Å²) >= 11 is 0. The first kappa shape index (κ1) is 10.6. The van der Waals surface area contributed by atoms with Gasteiger partial charge < -0.3 is 5.11 Å². The molecule has 1 N–H and O–H groups in total. The van der Waals surface area contributed by atoms with E-state index < -0.39 is 5.60 Å². The molecule has 2 unspecified atom stereocenters. The Morgan fingerprint density at radius 1 is 1.40 bits per heavy atom. The van der Waals surface area contributed by atoms with Gasteiger partial charge in [0.1, 0.15) is 0 Å². The number of hydrogen-bond acceptors (Lipinski definition) is 2. The van der Waals surface area contributed by atoms with E-state index in [0.717, 1.165) is 25.7 Å². The summed E-state index contributed by atoms with van der Waals surface area (Å²) in [5, 5.41) is 10.6. The Morgan fingerprint density at radius 2 is 2.13 bits per heavy atom. The van der Waals surface area contributed by atoms with E-state index in [4.69, 9.17) is 0 Å². The van der Waals surface area contributed by atoms with Gasteiger partial charge in [0.2, 0.25) is 0 Å². The molecule has 2 atom stereocenters. The molecule has 1 aromatic heterocycles. The van der Waals surface area contributed by atoms with E-state index in [-0.39, 0.29) is 0 Å². The molecule has 0 bridgehead atoms. The van der Waals surface area contributed by atoms with Crippen LogP contribution in [0, 0.1) is 5.92 Å². The van der Waals surface area contributed by atoms with Gasteiger partial charge >= 0.3 is 0 Å². The van der Waals surface area contributed by atoms with Gasteiger partial charge in [-0.05, 0) is 36.5 Å². The highest BCUT2D eigenvalue weighted by molar-refractivity contribution is 5.13. The lowest BCUT2D eigenvalue weighted by Gasteiger charge is -2.38. The average molecular weight is 205 g/mol. The summed E-state index contributed by atoms with van der Waals surface area (Å²) in [6.07, 6.45) is 8.89. The second-order valence-corrected chi connectivity index (χ2v) is 4.78. The van der Waals surface area contributed by atoms with Gasteiger partial charge in [-0.25, -0.2) is 0 Å². The van der Waals surface area contributed by atoms with Crippen LogP contribution in [0.15, 0.2) is 24.5 Å². The number of hydrogen-bond donors (Lipinski definition) is 1. The zero-order chi connectivity index (χ0) is 10.7. The summed E-state index contributed by atoms with van der Waals surface area (Å²) in [4.78, 5) is 4.00. The molecule has 82 valence electrons. The standard InChI is InChI=1S/C13H19NO/c1-11-4-2-3-7-13(11,15)10-12-5-8-14-9-6-12/h5-6,8-9,11,15H,2-4,7,10H2,1H3. The smallest absolute Gasteiger partial charge is 0.0713 e. The van der Waals surface area contributed by atoms with E-state index in [1.54, 1.807) is 12.4 Å². The Hall–Kier alpha value is -0.890. The van der Waals surface area contributed by atoms with Crippen molar-refractivity contribution >= 4 is 0 Å². The minimum absolute atomic E-state index is 0.416. The molecule has 0 aromatic carbocycles. The van der Waals surface area contributed by atoms with Crippen LogP contribution in [0.1, 0.15) is 38.2 Å². The van der Waals surface area contributed by atoms with Crippen molar-refractivity contribution in [1.82, 2.24) is 4.98 Å². The highest BCUT2D eigenvalue weighted by atomic mass is 16.3. The average Bonchev–Trinajstić information content (AvgIpc) is 2.24. The maximum Gasteiger partial charge on any atom is 0.0713 e. The summed E-state index contributed by atoms with van der Waals surface area (Å²) in [7, 11) is 0. The van der Waals surface area contributed by atoms with Gasteiger partial charge in [-0.2, -0.15) is 0 Å². The Labute approximate surface area is 91.4 Å². The molecule has 1 aliphatic rings. The molecular formula is C13H19NO. The van der Waals surface area contributed by atoms with Crippen LogP contribution in [0.25, 0.3) is 0 Å². The van der Waals surface area contributed by atoms with Crippen LogP contribution >= 0.6 is 0 Å². The molecule has 0 aliphatic heterocycles. The number of nitrogens with zero attached hydrogens (tertiary/aromatic N) is 1. The van der Waals surface area contributed by atoms with Crippen LogP contribution in [0.5, 0.6) is 0 Å². The van der Waals surface area contributed by atoms with Crippen LogP contribution in [0.4, 0.5) is 0 Å². The van der Waals surface area contributed by atoms with Gasteiger partial charge in [0.15, 0.2) is 0 Å². The first-order valence-electron chi connectivity index (χ1n) is 5.82. The normalized spacial score (nSPS) is 31.5. The molecule has 1 heterocycles. The largest absolute Gasteiger partial charge is 0.389 e. The molecule has 15 heavy (non-hydrogen) atoms. The van der Waals surface area contributed by atoms with Gasteiger partial charge in [0.05, 0.1) is 5.60 Å². The molecule has 2 rings (SSSR count). The zero-order valence-corrected chi connectivity index (χ0v) is 9.32. The summed E-state index contributed by atoms with van der Waals surface area (Å²) in [5.41, 5.74) is 0.709. The zero-order valence-electron chi connectivity index (χ0n) is 9.32. The summed E-state index contributed by atoms with van der Waals surface area (Å²) < 4.78 is 0. The van der Waals surface area contributed by atoms with Crippen molar-refractivity contribution in [3.05, 3.63) is 30.1 Å². The van der Waals surface area contributed by atoms with Gasteiger partial charge in [-0.3, -0.25) is 4.98 Å². The van der Waals surface area contributed by atoms with Crippen molar-refractivity contribution in [3.63, 3.8) is 0 Å².